The molecular weight excluding hydrogens is 1170 g/mol. The molecule has 2 aliphatic rings. The number of rotatable bonds is 19. The Hall–Kier alpha value is -9.52. The highest BCUT2D eigenvalue weighted by atomic mass is 16.2. The second-order valence-corrected chi connectivity index (χ2v) is 23.9. The maximum absolute atomic E-state index is 15.1. The number of hydrogen-bond donors (Lipinski definition) is 12. The Morgan fingerprint density at radius 2 is 0.802 bits per heavy atom. The van der Waals surface area contributed by atoms with E-state index in [9.17, 15) is 52.7 Å². The summed E-state index contributed by atoms with van der Waals surface area (Å²) in [6.45, 7) is 7.14. The lowest BCUT2D eigenvalue weighted by Gasteiger charge is -2.32. The van der Waals surface area contributed by atoms with Gasteiger partial charge in [0.15, 0.2) is 0 Å². The second kappa shape index (κ2) is 35.0. The Balaban J connectivity index is 1.46. The normalized spacial score (nSPS) is 24.1. The van der Waals surface area contributed by atoms with Crippen LogP contribution in [-0.4, -0.2) is 149 Å². The van der Waals surface area contributed by atoms with Gasteiger partial charge in [0.05, 0.1) is 6.42 Å². The molecule has 25 heteroatoms. The smallest absolute Gasteiger partial charge is 0.246 e. The number of nitrogens with one attached hydrogen (secondary N) is 9. The van der Waals surface area contributed by atoms with E-state index in [0.717, 1.165) is 0 Å². The average molecular weight is 1250 g/mol. The van der Waals surface area contributed by atoms with Crippen molar-refractivity contribution in [2.45, 2.75) is 165 Å². The maximum Gasteiger partial charge on any atom is 0.246 e. The standard InChI is InChI=1S/C66H87N13O12/c1-39(2)33-47-59(84)77-52(37-44-25-15-8-16-26-44)66(91)79-32-18-28-53(79)64(89)76-49(35-42-21-11-6-12-22-42)61(86)74-48(34-41-19-9-5-10-20-41)60(85)75-51(38-55(69)81)62(87)70-46(29-30-54(68)80)58(83)73-50(36-43-23-13-7-14-24-43)63(88)78-56(40(3)4)65(90)71-45(27-17-31-67)57(82)72-47/h5-16,19-26,39-40,45-53,56H,17-18,27-38,67H2,1-4H3,(H2,68,80)(H2,69,81)(H,70,87)(H,71,90)(H,72,82)(H,73,83)(H,74,86)(H,75,85)(H,76,89)(H,77,84)(H,78,88). The summed E-state index contributed by atoms with van der Waals surface area (Å²) in [4.78, 5) is 174. The summed E-state index contributed by atoms with van der Waals surface area (Å²) in [6, 6.07) is 20.2. The fourth-order valence-electron chi connectivity index (χ4n) is 10.9. The number of nitrogens with zero attached hydrogens (tertiary/aromatic N) is 1. The molecule has 91 heavy (non-hydrogen) atoms. The van der Waals surface area contributed by atoms with Gasteiger partial charge >= 0.3 is 0 Å². The molecule has 0 bridgehead atoms. The third kappa shape index (κ3) is 22.2. The molecule has 0 aliphatic carbocycles. The van der Waals surface area contributed by atoms with E-state index in [4.69, 9.17) is 17.2 Å². The predicted molar refractivity (Wildman–Crippen MR) is 338 cm³/mol. The lowest BCUT2D eigenvalue weighted by Crippen LogP contribution is -2.62. The summed E-state index contributed by atoms with van der Waals surface area (Å²) < 4.78 is 0. The largest absolute Gasteiger partial charge is 0.370 e. The van der Waals surface area contributed by atoms with Crippen molar-refractivity contribution in [3.05, 3.63) is 144 Å². The fraction of sp³-hybridized carbons (Fsp3) is 0.455. The SMILES string of the molecule is CC(C)CC1NC(=O)C(CCCN)NC(=O)C(C(C)C)NC(=O)C(Cc2ccccc2)NC(=O)C(CCC(N)=O)NC(=O)C(CC(N)=O)NC(=O)C(Cc2ccccc2)NC(=O)C(Cc2ccccc2)NC(=O)C2CCCN2C(=O)C(Cc2ccccc2)NC1=O. The van der Waals surface area contributed by atoms with Crippen LogP contribution < -0.4 is 65.1 Å². The van der Waals surface area contributed by atoms with Crippen molar-refractivity contribution in [1.82, 2.24) is 52.8 Å². The summed E-state index contributed by atoms with van der Waals surface area (Å²) in [6.07, 6.45) is -1.46. The molecule has 25 nitrogen and oxygen atoms in total. The Labute approximate surface area is 530 Å². The first-order chi connectivity index (χ1) is 43.5. The summed E-state index contributed by atoms with van der Waals surface area (Å²) in [5, 5.41) is 24.4. The first kappa shape index (κ1) is 70.6. The van der Waals surface area contributed by atoms with Gasteiger partial charge in [-0.3, -0.25) is 57.5 Å². The molecular formula is C66H87N13O12. The minimum absolute atomic E-state index is 0.00635. The van der Waals surface area contributed by atoms with Crippen molar-refractivity contribution in [3.63, 3.8) is 0 Å². The lowest BCUT2D eigenvalue weighted by atomic mass is 9.99. The molecule has 0 radical (unpaired) electrons. The van der Waals surface area contributed by atoms with Crippen molar-refractivity contribution < 1.29 is 57.5 Å². The zero-order chi connectivity index (χ0) is 66.1. The quantitative estimate of drug-likeness (QED) is 0.0585. The summed E-state index contributed by atoms with van der Waals surface area (Å²) in [5.41, 5.74) is 19.5. The zero-order valence-corrected chi connectivity index (χ0v) is 52.0. The Bertz CT molecular complexity index is 3160. The summed E-state index contributed by atoms with van der Waals surface area (Å²) in [5.74, 6) is -11.3. The van der Waals surface area contributed by atoms with Crippen molar-refractivity contribution in [2.75, 3.05) is 13.1 Å². The molecule has 0 spiro atoms. The van der Waals surface area contributed by atoms with Gasteiger partial charge in [0.2, 0.25) is 70.9 Å². The van der Waals surface area contributed by atoms with Crippen LogP contribution in [0.25, 0.3) is 0 Å². The molecule has 2 saturated heterocycles. The fourth-order valence-corrected chi connectivity index (χ4v) is 10.9. The minimum Gasteiger partial charge on any atom is -0.370 e. The van der Waals surface area contributed by atoms with E-state index in [1.165, 1.54) is 4.90 Å². The molecule has 12 amide bonds. The number of carbonyl (C=O) groups is 12. The van der Waals surface area contributed by atoms with Crippen LogP contribution in [0.15, 0.2) is 121 Å². The Morgan fingerprint density at radius 3 is 1.24 bits per heavy atom. The topological polar surface area (TPSA) is 394 Å². The number of primary amides is 2. The molecule has 15 N–H and O–H groups in total. The van der Waals surface area contributed by atoms with E-state index in [2.05, 4.69) is 47.9 Å². The van der Waals surface area contributed by atoms with Crippen LogP contribution in [0.3, 0.4) is 0 Å². The molecule has 6 rings (SSSR count). The molecule has 10 unspecified atom stereocenters. The summed E-state index contributed by atoms with van der Waals surface area (Å²) in [7, 11) is 0. The van der Waals surface area contributed by atoms with Gasteiger partial charge in [0.1, 0.15) is 60.4 Å². The van der Waals surface area contributed by atoms with Gasteiger partial charge in [-0.1, -0.05) is 149 Å². The van der Waals surface area contributed by atoms with Crippen LogP contribution in [0, 0.1) is 11.8 Å². The van der Waals surface area contributed by atoms with Crippen LogP contribution in [0.1, 0.15) is 101 Å². The van der Waals surface area contributed by atoms with E-state index in [0.29, 0.717) is 28.7 Å². The van der Waals surface area contributed by atoms with E-state index >= 15 is 4.79 Å². The molecule has 4 aromatic carbocycles. The number of carbonyl (C=O) groups excluding carboxylic acids is 12. The molecule has 10 atom stereocenters. The average Bonchev–Trinajstić information content (AvgIpc) is 2.12. The highest BCUT2D eigenvalue weighted by Gasteiger charge is 2.42. The Kier molecular flexibility index (Phi) is 27.2. The third-order valence-corrected chi connectivity index (χ3v) is 15.8. The summed E-state index contributed by atoms with van der Waals surface area (Å²) >= 11 is 0. The number of hydrogen-bond acceptors (Lipinski definition) is 13. The number of benzene rings is 4. The van der Waals surface area contributed by atoms with Crippen molar-refractivity contribution in [1.29, 1.82) is 0 Å². The van der Waals surface area contributed by atoms with Gasteiger partial charge in [-0.15, -0.1) is 0 Å². The molecule has 2 heterocycles. The highest BCUT2D eigenvalue weighted by molar-refractivity contribution is 6.00. The van der Waals surface area contributed by atoms with E-state index in [-0.39, 0.29) is 70.4 Å². The molecule has 488 valence electrons. The van der Waals surface area contributed by atoms with E-state index < -0.39 is 156 Å². The van der Waals surface area contributed by atoms with Gasteiger partial charge in [0, 0.05) is 38.6 Å². The van der Waals surface area contributed by atoms with Crippen LogP contribution in [-0.2, 0) is 83.2 Å². The van der Waals surface area contributed by atoms with Gasteiger partial charge in [-0.2, -0.15) is 0 Å². The monoisotopic (exact) mass is 1250 g/mol. The van der Waals surface area contributed by atoms with Gasteiger partial charge in [-0.05, 0) is 79.2 Å². The number of fused-ring (bicyclic) bond motifs is 1. The lowest BCUT2D eigenvalue weighted by molar-refractivity contribution is -0.142. The first-order valence-corrected chi connectivity index (χ1v) is 31.0. The van der Waals surface area contributed by atoms with Gasteiger partial charge in [-0.25, -0.2) is 0 Å². The van der Waals surface area contributed by atoms with Crippen molar-refractivity contribution in [3.8, 4) is 0 Å². The van der Waals surface area contributed by atoms with Crippen molar-refractivity contribution >= 4 is 70.9 Å². The molecule has 4 aromatic rings. The second-order valence-electron chi connectivity index (χ2n) is 23.9. The molecule has 0 aromatic heterocycles. The van der Waals surface area contributed by atoms with Crippen LogP contribution in [0.4, 0.5) is 0 Å². The van der Waals surface area contributed by atoms with Crippen LogP contribution >= 0.6 is 0 Å². The number of nitrogens with two attached hydrogens (primary N) is 3. The number of amides is 12. The molecule has 0 saturated carbocycles. The van der Waals surface area contributed by atoms with E-state index in [1.54, 1.807) is 135 Å². The zero-order valence-electron chi connectivity index (χ0n) is 52.0. The van der Waals surface area contributed by atoms with Gasteiger partial charge in [0.25, 0.3) is 0 Å². The molecule has 2 fully saturated rings. The molecule has 2 aliphatic heterocycles. The highest BCUT2D eigenvalue weighted by Crippen LogP contribution is 2.22. The predicted octanol–water partition coefficient (Wildman–Crippen LogP) is -0.0931. The van der Waals surface area contributed by atoms with Crippen LogP contribution in [0.5, 0.6) is 0 Å². The van der Waals surface area contributed by atoms with Crippen LogP contribution in [0.2, 0.25) is 0 Å². The Morgan fingerprint density at radius 1 is 0.440 bits per heavy atom. The first-order valence-electron chi connectivity index (χ1n) is 31.0. The van der Waals surface area contributed by atoms with E-state index in [1.807, 2.05) is 13.8 Å². The minimum atomic E-state index is -1.82. The van der Waals surface area contributed by atoms with Gasteiger partial charge < -0.3 is 70.0 Å². The van der Waals surface area contributed by atoms with Crippen molar-refractivity contribution in [2.24, 2.45) is 29.0 Å². The third-order valence-electron chi connectivity index (χ3n) is 15.8. The maximum atomic E-state index is 15.1.